The standard InChI is InChI=1S/C15H18Cl2N4S/c1-10(2)8-18-15(22)19-14-6-7-21(20-14)9-11-12(16)4-3-5-13(11)17/h3-7,10H,8-9H2,1-2H3,(H2,18,19,20,22). The Morgan fingerprint density at radius 3 is 2.59 bits per heavy atom. The van der Waals surface area contributed by atoms with E-state index in [1.165, 1.54) is 0 Å². The van der Waals surface area contributed by atoms with Crippen molar-refractivity contribution in [3.05, 3.63) is 46.1 Å². The second-order valence-corrected chi connectivity index (χ2v) is 6.55. The number of nitrogens with zero attached hydrogens (tertiary/aromatic N) is 2. The molecule has 22 heavy (non-hydrogen) atoms. The third-order valence-corrected chi connectivity index (χ3v) is 3.89. The van der Waals surface area contributed by atoms with Crippen molar-refractivity contribution in [2.45, 2.75) is 20.4 Å². The van der Waals surface area contributed by atoms with Gasteiger partial charge in [0, 0.05) is 34.4 Å². The summed E-state index contributed by atoms with van der Waals surface area (Å²) in [7, 11) is 0. The number of halogens is 2. The van der Waals surface area contributed by atoms with E-state index in [1.807, 2.05) is 30.5 Å². The Hall–Kier alpha value is -1.30. The molecule has 1 aromatic heterocycles. The van der Waals surface area contributed by atoms with Crippen LogP contribution >= 0.6 is 35.4 Å². The van der Waals surface area contributed by atoms with Crippen molar-refractivity contribution in [3.8, 4) is 0 Å². The smallest absolute Gasteiger partial charge is 0.171 e. The molecule has 0 aliphatic carbocycles. The largest absolute Gasteiger partial charge is 0.362 e. The van der Waals surface area contributed by atoms with Gasteiger partial charge in [0.25, 0.3) is 0 Å². The molecule has 0 saturated heterocycles. The third-order valence-electron chi connectivity index (χ3n) is 2.93. The van der Waals surface area contributed by atoms with E-state index in [1.54, 1.807) is 4.68 Å². The second-order valence-electron chi connectivity index (χ2n) is 5.33. The van der Waals surface area contributed by atoms with Crippen molar-refractivity contribution in [3.63, 3.8) is 0 Å². The van der Waals surface area contributed by atoms with Crippen molar-refractivity contribution < 1.29 is 0 Å². The van der Waals surface area contributed by atoms with E-state index in [0.29, 0.717) is 33.4 Å². The van der Waals surface area contributed by atoms with Crippen LogP contribution in [0.25, 0.3) is 0 Å². The van der Waals surface area contributed by atoms with Gasteiger partial charge in [-0.05, 0) is 30.3 Å². The molecule has 118 valence electrons. The van der Waals surface area contributed by atoms with Crippen molar-refractivity contribution in [2.75, 3.05) is 11.9 Å². The molecular weight excluding hydrogens is 339 g/mol. The molecule has 0 aliphatic heterocycles. The summed E-state index contributed by atoms with van der Waals surface area (Å²) in [5.74, 6) is 1.21. The minimum Gasteiger partial charge on any atom is -0.362 e. The van der Waals surface area contributed by atoms with Crippen LogP contribution in [-0.4, -0.2) is 21.4 Å². The van der Waals surface area contributed by atoms with Crippen LogP contribution in [0.5, 0.6) is 0 Å². The van der Waals surface area contributed by atoms with Crippen LogP contribution in [0.4, 0.5) is 5.82 Å². The van der Waals surface area contributed by atoms with Crippen LogP contribution in [0, 0.1) is 5.92 Å². The van der Waals surface area contributed by atoms with Gasteiger partial charge in [0.15, 0.2) is 10.9 Å². The molecule has 1 heterocycles. The Morgan fingerprint density at radius 1 is 1.27 bits per heavy atom. The molecule has 4 nitrogen and oxygen atoms in total. The number of thiocarbonyl (C=S) groups is 1. The molecule has 0 bridgehead atoms. The van der Waals surface area contributed by atoms with Crippen molar-refractivity contribution >= 4 is 46.4 Å². The number of anilines is 1. The Balaban J connectivity index is 1.98. The predicted molar refractivity (Wildman–Crippen MR) is 96.9 cm³/mol. The van der Waals surface area contributed by atoms with Gasteiger partial charge in [0.2, 0.25) is 0 Å². The van der Waals surface area contributed by atoms with Gasteiger partial charge in [-0.25, -0.2) is 0 Å². The summed E-state index contributed by atoms with van der Waals surface area (Å²) >= 11 is 17.6. The van der Waals surface area contributed by atoms with Crippen LogP contribution in [0.3, 0.4) is 0 Å². The van der Waals surface area contributed by atoms with Gasteiger partial charge in [0.1, 0.15) is 0 Å². The summed E-state index contributed by atoms with van der Waals surface area (Å²) in [5.41, 5.74) is 0.848. The zero-order chi connectivity index (χ0) is 16.1. The van der Waals surface area contributed by atoms with Crippen LogP contribution in [-0.2, 0) is 6.54 Å². The fraction of sp³-hybridized carbons (Fsp3) is 0.333. The maximum atomic E-state index is 6.17. The zero-order valence-corrected chi connectivity index (χ0v) is 14.8. The lowest BCUT2D eigenvalue weighted by Crippen LogP contribution is -2.31. The molecule has 0 spiro atoms. The van der Waals surface area contributed by atoms with Crippen LogP contribution in [0.1, 0.15) is 19.4 Å². The van der Waals surface area contributed by atoms with Gasteiger partial charge in [-0.3, -0.25) is 4.68 Å². The molecule has 7 heteroatoms. The van der Waals surface area contributed by atoms with Crippen LogP contribution in [0.2, 0.25) is 10.0 Å². The highest BCUT2D eigenvalue weighted by atomic mass is 35.5. The van der Waals surface area contributed by atoms with Gasteiger partial charge < -0.3 is 10.6 Å². The molecule has 0 radical (unpaired) electrons. The average molecular weight is 357 g/mol. The number of hydrogen-bond donors (Lipinski definition) is 2. The van der Waals surface area contributed by atoms with Gasteiger partial charge in [-0.1, -0.05) is 43.1 Å². The first-order valence-corrected chi connectivity index (χ1v) is 8.13. The topological polar surface area (TPSA) is 41.9 Å². The first-order chi connectivity index (χ1) is 10.5. The number of aromatic nitrogens is 2. The highest BCUT2D eigenvalue weighted by Gasteiger charge is 2.08. The molecule has 2 aromatic rings. The summed E-state index contributed by atoms with van der Waals surface area (Å²) in [4.78, 5) is 0. The molecule has 0 fully saturated rings. The van der Waals surface area contributed by atoms with E-state index < -0.39 is 0 Å². The summed E-state index contributed by atoms with van der Waals surface area (Å²) in [6, 6.07) is 7.31. The van der Waals surface area contributed by atoms with Gasteiger partial charge in [-0.2, -0.15) is 5.10 Å². The molecule has 0 atom stereocenters. The summed E-state index contributed by atoms with van der Waals surface area (Å²) in [6.45, 7) is 5.57. The van der Waals surface area contributed by atoms with E-state index in [0.717, 1.165) is 12.1 Å². The fourth-order valence-electron chi connectivity index (χ4n) is 1.82. The highest BCUT2D eigenvalue weighted by molar-refractivity contribution is 7.80. The van der Waals surface area contributed by atoms with Crippen LogP contribution < -0.4 is 10.6 Å². The Morgan fingerprint density at radius 2 is 1.95 bits per heavy atom. The zero-order valence-electron chi connectivity index (χ0n) is 12.4. The SMILES string of the molecule is CC(C)CNC(=S)Nc1ccn(Cc2c(Cl)cccc2Cl)n1. The molecular formula is C15H18Cl2N4S. The lowest BCUT2D eigenvalue weighted by Gasteiger charge is -2.10. The van der Waals surface area contributed by atoms with E-state index >= 15 is 0 Å². The molecule has 1 aromatic carbocycles. The monoisotopic (exact) mass is 356 g/mol. The molecule has 2 rings (SSSR count). The molecule has 0 saturated carbocycles. The maximum absolute atomic E-state index is 6.17. The van der Waals surface area contributed by atoms with Gasteiger partial charge >= 0.3 is 0 Å². The molecule has 0 aliphatic rings. The molecule has 0 unspecified atom stereocenters. The minimum absolute atomic E-state index is 0.506. The highest BCUT2D eigenvalue weighted by Crippen LogP contribution is 2.25. The summed E-state index contributed by atoms with van der Waals surface area (Å²) in [5, 5.41) is 12.4. The normalized spacial score (nSPS) is 10.8. The summed E-state index contributed by atoms with van der Waals surface area (Å²) < 4.78 is 1.76. The van der Waals surface area contributed by atoms with Gasteiger partial charge in [-0.15, -0.1) is 0 Å². The van der Waals surface area contributed by atoms with Crippen LogP contribution in [0.15, 0.2) is 30.5 Å². The van der Waals surface area contributed by atoms with Crippen molar-refractivity contribution in [1.82, 2.24) is 15.1 Å². The van der Waals surface area contributed by atoms with Gasteiger partial charge in [0.05, 0.1) is 6.54 Å². The number of rotatable bonds is 5. The Kier molecular flexibility index (Phi) is 6.06. The lowest BCUT2D eigenvalue weighted by molar-refractivity contribution is 0.627. The second kappa shape index (κ2) is 7.81. The van der Waals surface area contributed by atoms with E-state index in [-0.39, 0.29) is 0 Å². The molecule has 2 N–H and O–H groups in total. The third kappa shape index (κ3) is 4.87. The molecule has 0 amide bonds. The van der Waals surface area contributed by atoms with Crippen molar-refractivity contribution in [2.24, 2.45) is 5.92 Å². The number of benzene rings is 1. The van der Waals surface area contributed by atoms with E-state index in [2.05, 4.69) is 29.6 Å². The first-order valence-electron chi connectivity index (χ1n) is 6.97. The fourth-order valence-corrected chi connectivity index (χ4v) is 2.52. The number of hydrogen-bond acceptors (Lipinski definition) is 2. The summed E-state index contributed by atoms with van der Waals surface area (Å²) in [6.07, 6.45) is 1.85. The minimum atomic E-state index is 0.506. The number of nitrogens with one attached hydrogen (secondary N) is 2. The maximum Gasteiger partial charge on any atom is 0.171 e. The Bertz CT molecular complexity index is 634. The average Bonchev–Trinajstić information content (AvgIpc) is 2.88. The Labute approximate surface area is 145 Å². The van der Waals surface area contributed by atoms with Crippen molar-refractivity contribution in [1.29, 1.82) is 0 Å². The lowest BCUT2D eigenvalue weighted by atomic mass is 10.2. The van der Waals surface area contributed by atoms with E-state index in [4.69, 9.17) is 35.4 Å². The first kappa shape index (κ1) is 17.1. The van der Waals surface area contributed by atoms with E-state index in [9.17, 15) is 0 Å². The predicted octanol–water partition coefficient (Wildman–Crippen LogP) is 4.18. The quantitative estimate of drug-likeness (QED) is 0.788.